The predicted molar refractivity (Wildman–Crippen MR) is 62.9 cm³/mol. The van der Waals surface area contributed by atoms with Crippen molar-refractivity contribution >= 4 is 11.8 Å². The number of imide groups is 1. The number of aliphatic hydroxyl groups excluding tert-OH is 2. The third-order valence-corrected chi connectivity index (χ3v) is 2.93. The molecule has 1 aliphatic rings. The minimum atomic E-state index is -1.12. The van der Waals surface area contributed by atoms with Gasteiger partial charge in [0.05, 0.1) is 17.2 Å². The normalized spacial score (nSPS) is 17.3. The lowest BCUT2D eigenvalue weighted by molar-refractivity contribution is 0.0150. The Morgan fingerprint density at radius 1 is 1.17 bits per heavy atom. The van der Waals surface area contributed by atoms with Gasteiger partial charge in [0.1, 0.15) is 6.10 Å². The number of nitrogens with one attached hydrogen (secondary N) is 1. The average molecular weight is 250 g/mol. The number of benzene rings is 1. The summed E-state index contributed by atoms with van der Waals surface area (Å²) >= 11 is 0. The molecular weight excluding hydrogens is 236 g/mol. The second-order valence-corrected chi connectivity index (χ2v) is 4.18. The number of hydrogen-bond acceptors (Lipinski definition) is 5. The summed E-state index contributed by atoms with van der Waals surface area (Å²) in [5, 5.41) is 21.7. The molecule has 0 saturated heterocycles. The molecule has 2 rings (SSSR count). The van der Waals surface area contributed by atoms with E-state index in [1.54, 1.807) is 0 Å². The lowest BCUT2D eigenvalue weighted by atomic mass is 9.98. The van der Waals surface area contributed by atoms with Crippen LogP contribution in [0.25, 0.3) is 0 Å². The van der Waals surface area contributed by atoms with E-state index in [9.17, 15) is 19.8 Å². The fourth-order valence-electron chi connectivity index (χ4n) is 1.92. The highest BCUT2D eigenvalue weighted by Gasteiger charge is 2.28. The minimum Gasteiger partial charge on any atom is -0.390 e. The molecule has 2 unspecified atom stereocenters. The van der Waals surface area contributed by atoms with Gasteiger partial charge in [-0.15, -0.1) is 0 Å². The van der Waals surface area contributed by atoms with Crippen molar-refractivity contribution < 1.29 is 19.8 Å². The molecule has 18 heavy (non-hydrogen) atoms. The van der Waals surface area contributed by atoms with Gasteiger partial charge in [0, 0.05) is 0 Å². The molecule has 0 bridgehead atoms. The molecule has 96 valence electrons. The van der Waals surface area contributed by atoms with E-state index < -0.39 is 24.0 Å². The number of carbonyl (C=O) groups is 2. The molecule has 1 aliphatic heterocycles. The van der Waals surface area contributed by atoms with Crippen molar-refractivity contribution in [3.05, 3.63) is 34.9 Å². The van der Waals surface area contributed by atoms with Gasteiger partial charge in [-0.1, -0.05) is 6.07 Å². The fraction of sp³-hybridized carbons (Fsp3) is 0.333. The molecule has 1 heterocycles. The van der Waals surface area contributed by atoms with Gasteiger partial charge in [0.25, 0.3) is 11.8 Å². The van der Waals surface area contributed by atoms with Crippen LogP contribution in [0, 0.1) is 0 Å². The zero-order chi connectivity index (χ0) is 13.3. The number of nitrogens with two attached hydrogens (primary N) is 1. The van der Waals surface area contributed by atoms with E-state index in [-0.39, 0.29) is 24.1 Å². The number of rotatable bonds is 4. The molecule has 0 saturated carbocycles. The highest BCUT2D eigenvalue weighted by atomic mass is 16.3. The maximum atomic E-state index is 11.5. The first kappa shape index (κ1) is 12.7. The fourth-order valence-corrected chi connectivity index (χ4v) is 1.92. The van der Waals surface area contributed by atoms with Crippen molar-refractivity contribution in [1.82, 2.24) is 5.32 Å². The van der Waals surface area contributed by atoms with Crippen LogP contribution < -0.4 is 11.1 Å². The van der Waals surface area contributed by atoms with Crippen LogP contribution in [0.1, 0.15) is 38.8 Å². The van der Waals surface area contributed by atoms with Crippen LogP contribution in [-0.4, -0.2) is 34.7 Å². The third-order valence-electron chi connectivity index (χ3n) is 2.93. The van der Waals surface area contributed by atoms with Crippen molar-refractivity contribution in [3.63, 3.8) is 0 Å². The summed E-state index contributed by atoms with van der Waals surface area (Å²) in [7, 11) is 0. The van der Waals surface area contributed by atoms with Gasteiger partial charge in [0.15, 0.2) is 0 Å². The predicted octanol–water partition coefficient (Wildman–Crippen LogP) is -0.687. The van der Waals surface area contributed by atoms with Crippen LogP contribution in [0.4, 0.5) is 0 Å². The first-order chi connectivity index (χ1) is 8.54. The average Bonchev–Trinajstić information content (AvgIpc) is 2.64. The van der Waals surface area contributed by atoms with Crippen LogP contribution in [0.2, 0.25) is 0 Å². The zero-order valence-corrected chi connectivity index (χ0v) is 9.59. The summed E-state index contributed by atoms with van der Waals surface area (Å²) in [6.45, 7) is 0.252. The monoisotopic (exact) mass is 250 g/mol. The first-order valence-electron chi connectivity index (χ1n) is 5.60. The van der Waals surface area contributed by atoms with Gasteiger partial charge in [-0.25, -0.2) is 0 Å². The molecule has 5 N–H and O–H groups in total. The van der Waals surface area contributed by atoms with Crippen LogP contribution in [0.3, 0.4) is 0 Å². The molecule has 0 aliphatic carbocycles. The van der Waals surface area contributed by atoms with Crippen LogP contribution in [-0.2, 0) is 0 Å². The number of fused-ring (bicyclic) bond motifs is 1. The molecule has 0 spiro atoms. The second kappa shape index (κ2) is 4.85. The van der Waals surface area contributed by atoms with Crippen molar-refractivity contribution in [2.45, 2.75) is 18.6 Å². The summed E-state index contributed by atoms with van der Waals surface area (Å²) in [6.07, 6.45) is -1.86. The van der Waals surface area contributed by atoms with E-state index in [1.165, 1.54) is 18.2 Å². The van der Waals surface area contributed by atoms with Gasteiger partial charge >= 0.3 is 0 Å². The molecule has 6 heteroatoms. The Balaban J connectivity index is 2.29. The number of hydrogen-bond donors (Lipinski definition) is 4. The largest absolute Gasteiger partial charge is 0.390 e. The van der Waals surface area contributed by atoms with Crippen molar-refractivity contribution in [2.75, 3.05) is 6.54 Å². The molecule has 0 aromatic heterocycles. The first-order valence-corrected chi connectivity index (χ1v) is 5.60. The van der Waals surface area contributed by atoms with E-state index in [1.807, 2.05) is 0 Å². The van der Waals surface area contributed by atoms with E-state index in [0.717, 1.165) is 0 Å². The van der Waals surface area contributed by atoms with E-state index >= 15 is 0 Å². The van der Waals surface area contributed by atoms with Gasteiger partial charge in [-0.2, -0.15) is 0 Å². The summed E-state index contributed by atoms with van der Waals surface area (Å²) < 4.78 is 0. The maximum Gasteiger partial charge on any atom is 0.258 e. The van der Waals surface area contributed by atoms with Gasteiger partial charge in [0.2, 0.25) is 0 Å². The van der Waals surface area contributed by atoms with Crippen molar-refractivity contribution in [1.29, 1.82) is 0 Å². The lowest BCUT2D eigenvalue weighted by Crippen LogP contribution is -2.22. The molecule has 6 nitrogen and oxygen atoms in total. The summed E-state index contributed by atoms with van der Waals surface area (Å²) in [4.78, 5) is 22.8. The van der Waals surface area contributed by atoms with Crippen molar-refractivity contribution in [2.24, 2.45) is 5.73 Å². The topological polar surface area (TPSA) is 113 Å². The van der Waals surface area contributed by atoms with Gasteiger partial charge in [-0.05, 0) is 30.7 Å². The third kappa shape index (κ3) is 2.13. The Kier molecular flexibility index (Phi) is 3.42. The Morgan fingerprint density at radius 2 is 1.83 bits per heavy atom. The zero-order valence-electron chi connectivity index (χ0n) is 9.59. The highest BCUT2D eigenvalue weighted by Crippen LogP contribution is 2.24. The second-order valence-electron chi connectivity index (χ2n) is 4.18. The number of amides is 2. The van der Waals surface area contributed by atoms with Gasteiger partial charge in [-0.3, -0.25) is 14.9 Å². The lowest BCUT2D eigenvalue weighted by Gasteiger charge is -2.17. The molecule has 2 atom stereocenters. The molecule has 0 fully saturated rings. The smallest absolute Gasteiger partial charge is 0.258 e. The number of carbonyl (C=O) groups excluding carboxylic acids is 2. The Hall–Kier alpha value is -1.76. The minimum absolute atomic E-state index is 0.219. The highest BCUT2D eigenvalue weighted by molar-refractivity contribution is 6.21. The van der Waals surface area contributed by atoms with Crippen LogP contribution in [0.5, 0.6) is 0 Å². The van der Waals surface area contributed by atoms with Gasteiger partial charge < -0.3 is 15.9 Å². The summed E-state index contributed by atoms with van der Waals surface area (Å²) in [6, 6.07) is 4.39. The molecule has 1 aromatic carbocycles. The van der Waals surface area contributed by atoms with E-state index in [0.29, 0.717) is 5.56 Å². The molecular formula is C12H14N2O4. The van der Waals surface area contributed by atoms with E-state index in [4.69, 9.17) is 5.73 Å². The van der Waals surface area contributed by atoms with E-state index in [2.05, 4.69) is 5.32 Å². The van der Waals surface area contributed by atoms with Crippen LogP contribution in [0.15, 0.2) is 18.2 Å². The maximum absolute atomic E-state index is 11.5. The van der Waals surface area contributed by atoms with Crippen LogP contribution >= 0.6 is 0 Å². The summed E-state index contributed by atoms with van der Waals surface area (Å²) in [5.74, 6) is -0.934. The van der Waals surface area contributed by atoms with Crippen molar-refractivity contribution in [3.8, 4) is 0 Å². The Morgan fingerprint density at radius 3 is 2.50 bits per heavy atom. The summed E-state index contributed by atoms with van der Waals surface area (Å²) in [5.41, 5.74) is 6.19. The quantitative estimate of drug-likeness (QED) is 0.528. The molecule has 2 amide bonds. The number of aliphatic hydroxyl groups is 2. The SMILES string of the molecule is NCCC(O)C(O)c1ccc2c(c1)C(=O)NC2=O. The Labute approximate surface area is 103 Å². The molecule has 0 radical (unpaired) electrons. The molecule has 1 aromatic rings. The Bertz CT molecular complexity index is 501. The standard InChI is InChI=1S/C12H14N2O4/c13-4-3-9(15)10(16)6-1-2-7-8(5-6)12(18)14-11(7)17/h1-2,5,9-10,15-16H,3-4,13H2,(H,14,17,18).